The summed E-state index contributed by atoms with van der Waals surface area (Å²) in [6.45, 7) is 10.3. The highest BCUT2D eigenvalue weighted by atomic mass is 16.3. The van der Waals surface area contributed by atoms with Crippen LogP contribution >= 0.6 is 0 Å². The van der Waals surface area contributed by atoms with Crippen molar-refractivity contribution >= 4 is 0 Å². The van der Waals surface area contributed by atoms with E-state index in [1.165, 1.54) is 12.8 Å². The van der Waals surface area contributed by atoms with Crippen LogP contribution in [0, 0.1) is 5.92 Å². The van der Waals surface area contributed by atoms with Gasteiger partial charge in [-0.05, 0) is 38.8 Å². The Morgan fingerprint density at radius 3 is 2.80 bits per heavy atom. The Labute approximate surface area is 93.9 Å². The third kappa shape index (κ3) is 4.49. The number of aliphatic hydroxyl groups is 1. The standard InChI is InChI=1S/C12H26N2O/c1-10(2)5-7-14-8-12(9-15)13-6-4-11(14)3/h10-13,15H,4-9H2,1-3H3. The highest BCUT2D eigenvalue weighted by molar-refractivity contribution is 4.80. The molecule has 2 unspecified atom stereocenters. The van der Waals surface area contributed by atoms with Gasteiger partial charge in [0.15, 0.2) is 0 Å². The Balaban J connectivity index is 2.42. The van der Waals surface area contributed by atoms with E-state index in [2.05, 4.69) is 31.0 Å². The number of nitrogens with zero attached hydrogens (tertiary/aromatic N) is 1. The zero-order valence-corrected chi connectivity index (χ0v) is 10.4. The normalized spacial score (nSPS) is 29.4. The molecule has 3 heteroatoms. The number of hydrogen-bond acceptors (Lipinski definition) is 3. The molecule has 1 saturated heterocycles. The summed E-state index contributed by atoms with van der Waals surface area (Å²) in [6.07, 6.45) is 2.44. The predicted octanol–water partition coefficient (Wildman–Crippen LogP) is 1.08. The van der Waals surface area contributed by atoms with Crippen LogP contribution in [0.2, 0.25) is 0 Å². The monoisotopic (exact) mass is 214 g/mol. The maximum absolute atomic E-state index is 9.21. The fourth-order valence-electron chi connectivity index (χ4n) is 2.06. The minimum absolute atomic E-state index is 0.255. The summed E-state index contributed by atoms with van der Waals surface area (Å²) in [6, 6.07) is 0.912. The third-order valence-electron chi connectivity index (χ3n) is 3.29. The van der Waals surface area contributed by atoms with Gasteiger partial charge in [-0.3, -0.25) is 4.90 Å². The second-order valence-electron chi connectivity index (χ2n) is 5.15. The van der Waals surface area contributed by atoms with Gasteiger partial charge in [-0.1, -0.05) is 13.8 Å². The van der Waals surface area contributed by atoms with Crippen molar-refractivity contribution in [3.05, 3.63) is 0 Å². The van der Waals surface area contributed by atoms with E-state index >= 15 is 0 Å². The van der Waals surface area contributed by atoms with Crippen LogP contribution in [0.5, 0.6) is 0 Å². The molecular formula is C12H26N2O. The van der Waals surface area contributed by atoms with Crippen molar-refractivity contribution in [2.24, 2.45) is 5.92 Å². The molecule has 0 bridgehead atoms. The summed E-state index contributed by atoms with van der Waals surface area (Å²) >= 11 is 0. The van der Waals surface area contributed by atoms with Crippen LogP contribution in [0.3, 0.4) is 0 Å². The fraction of sp³-hybridized carbons (Fsp3) is 1.00. The predicted molar refractivity (Wildman–Crippen MR) is 64.0 cm³/mol. The lowest BCUT2D eigenvalue weighted by atomic mass is 10.1. The molecule has 2 N–H and O–H groups in total. The zero-order valence-electron chi connectivity index (χ0n) is 10.4. The molecule has 1 rings (SSSR count). The van der Waals surface area contributed by atoms with E-state index in [9.17, 15) is 5.11 Å². The lowest BCUT2D eigenvalue weighted by Crippen LogP contribution is -2.42. The average Bonchev–Trinajstić information content (AvgIpc) is 2.37. The van der Waals surface area contributed by atoms with Crippen molar-refractivity contribution in [1.29, 1.82) is 0 Å². The number of rotatable bonds is 4. The molecular weight excluding hydrogens is 188 g/mol. The molecule has 0 aromatic rings. The molecule has 0 aromatic heterocycles. The molecule has 1 fully saturated rings. The molecule has 0 aromatic carbocycles. The van der Waals surface area contributed by atoms with Gasteiger partial charge in [0.25, 0.3) is 0 Å². The van der Waals surface area contributed by atoms with Gasteiger partial charge in [0.05, 0.1) is 6.61 Å². The van der Waals surface area contributed by atoms with Gasteiger partial charge in [-0.2, -0.15) is 0 Å². The van der Waals surface area contributed by atoms with Gasteiger partial charge in [0.1, 0.15) is 0 Å². The van der Waals surface area contributed by atoms with Crippen molar-refractivity contribution < 1.29 is 5.11 Å². The van der Waals surface area contributed by atoms with E-state index in [1.807, 2.05) is 0 Å². The van der Waals surface area contributed by atoms with Crippen molar-refractivity contribution in [3.63, 3.8) is 0 Å². The van der Waals surface area contributed by atoms with Gasteiger partial charge in [-0.25, -0.2) is 0 Å². The SMILES string of the molecule is CC(C)CCN1CC(CO)NCCC1C. The van der Waals surface area contributed by atoms with Crippen LogP contribution in [-0.4, -0.2) is 48.3 Å². The average molecular weight is 214 g/mol. The van der Waals surface area contributed by atoms with Crippen molar-refractivity contribution in [2.45, 2.75) is 45.7 Å². The van der Waals surface area contributed by atoms with E-state index < -0.39 is 0 Å². The van der Waals surface area contributed by atoms with Crippen LogP contribution in [0.4, 0.5) is 0 Å². The Hall–Kier alpha value is -0.120. The van der Waals surface area contributed by atoms with E-state index in [4.69, 9.17) is 0 Å². The Morgan fingerprint density at radius 1 is 1.47 bits per heavy atom. The Kier molecular flexibility index (Phi) is 5.58. The molecule has 0 spiro atoms. The Morgan fingerprint density at radius 2 is 2.20 bits per heavy atom. The quantitative estimate of drug-likeness (QED) is 0.735. The summed E-state index contributed by atoms with van der Waals surface area (Å²) in [5.74, 6) is 0.765. The van der Waals surface area contributed by atoms with Crippen molar-refractivity contribution in [2.75, 3.05) is 26.2 Å². The first-order valence-corrected chi connectivity index (χ1v) is 6.21. The summed E-state index contributed by atoms with van der Waals surface area (Å²) < 4.78 is 0. The molecule has 1 heterocycles. The van der Waals surface area contributed by atoms with E-state index in [0.717, 1.165) is 25.6 Å². The fourth-order valence-corrected chi connectivity index (χ4v) is 2.06. The number of aliphatic hydroxyl groups excluding tert-OH is 1. The molecule has 1 aliphatic heterocycles. The maximum atomic E-state index is 9.21. The molecule has 0 aliphatic carbocycles. The van der Waals surface area contributed by atoms with Crippen LogP contribution in [0.15, 0.2) is 0 Å². The lowest BCUT2D eigenvalue weighted by molar-refractivity contribution is 0.165. The molecule has 15 heavy (non-hydrogen) atoms. The Bertz CT molecular complexity index is 173. The van der Waals surface area contributed by atoms with Gasteiger partial charge >= 0.3 is 0 Å². The van der Waals surface area contributed by atoms with Crippen LogP contribution in [0.1, 0.15) is 33.6 Å². The first kappa shape index (κ1) is 12.9. The van der Waals surface area contributed by atoms with Crippen LogP contribution < -0.4 is 5.32 Å². The van der Waals surface area contributed by atoms with Gasteiger partial charge in [0.2, 0.25) is 0 Å². The molecule has 3 nitrogen and oxygen atoms in total. The van der Waals surface area contributed by atoms with E-state index in [1.54, 1.807) is 0 Å². The minimum atomic E-state index is 0.255. The second kappa shape index (κ2) is 6.46. The lowest BCUT2D eigenvalue weighted by Gasteiger charge is -2.29. The first-order valence-electron chi connectivity index (χ1n) is 6.21. The summed E-state index contributed by atoms with van der Waals surface area (Å²) in [5, 5.41) is 12.6. The number of hydrogen-bond donors (Lipinski definition) is 2. The smallest absolute Gasteiger partial charge is 0.0597 e. The molecule has 0 saturated carbocycles. The second-order valence-corrected chi connectivity index (χ2v) is 5.15. The van der Waals surface area contributed by atoms with Gasteiger partial charge in [-0.15, -0.1) is 0 Å². The summed E-state index contributed by atoms with van der Waals surface area (Å²) in [4.78, 5) is 2.51. The van der Waals surface area contributed by atoms with E-state index in [-0.39, 0.29) is 12.6 Å². The summed E-state index contributed by atoms with van der Waals surface area (Å²) in [7, 11) is 0. The topological polar surface area (TPSA) is 35.5 Å². The van der Waals surface area contributed by atoms with Gasteiger partial charge in [0, 0.05) is 18.6 Å². The van der Waals surface area contributed by atoms with Gasteiger partial charge < -0.3 is 10.4 Å². The van der Waals surface area contributed by atoms with E-state index in [0.29, 0.717) is 6.04 Å². The first-order chi connectivity index (χ1) is 7.13. The highest BCUT2D eigenvalue weighted by Gasteiger charge is 2.21. The molecule has 0 amide bonds. The molecule has 90 valence electrons. The van der Waals surface area contributed by atoms with Crippen molar-refractivity contribution in [3.8, 4) is 0 Å². The largest absolute Gasteiger partial charge is 0.395 e. The maximum Gasteiger partial charge on any atom is 0.0597 e. The molecule has 2 atom stereocenters. The highest BCUT2D eigenvalue weighted by Crippen LogP contribution is 2.11. The summed E-state index contributed by atoms with van der Waals surface area (Å²) in [5.41, 5.74) is 0. The van der Waals surface area contributed by atoms with Crippen LogP contribution in [0.25, 0.3) is 0 Å². The molecule has 0 radical (unpaired) electrons. The zero-order chi connectivity index (χ0) is 11.3. The third-order valence-corrected chi connectivity index (χ3v) is 3.29. The molecule has 1 aliphatic rings. The minimum Gasteiger partial charge on any atom is -0.395 e. The van der Waals surface area contributed by atoms with Crippen molar-refractivity contribution in [1.82, 2.24) is 10.2 Å². The van der Waals surface area contributed by atoms with Crippen LogP contribution in [-0.2, 0) is 0 Å². The number of nitrogens with one attached hydrogen (secondary N) is 1.